The summed E-state index contributed by atoms with van der Waals surface area (Å²) >= 11 is 1.34. The molecule has 1 aromatic heterocycles. The number of hydrogen-bond donors (Lipinski definition) is 0. The molecule has 0 amide bonds. The lowest BCUT2D eigenvalue weighted by atomic mass is 10.1. The van der Waals surface area contributed by atoms with Crippen molar-refractivity contribution in [3.8, 4) is 32.5 Å². The highest BCUT2D eigenvalue weighted by atomic mass is 32.1. The molecule has 2 aliphatic heterocycles. The number of methoxy groups -OCH3 is 1. The normalized spacial score (nSPS) is 11.1. The second-order valence-electron chi connectivity index (χ2n) is 6.90. The number of carbonyl (C=O) groups is 1. The van der Waals surface area contributed by atoms with Crippen LogP contribution in [-0.4, -0.2) is 32.4 Å². The van der Waals surface area contributed by atoms with E-state index in [4.69, 9.17) is 4.74 Å². The van der Waals surface area contributed by atoms with Crippen molar-refractivity contribution in [1.29, 1.82) is 0 Å². The first kappa shape index (κ1) is 19.8. The van der Waals surface area contributed by atoms with Gasteiger partial charge in [0.05, 0.1) is 23.2 Å². The molecule has 0 atom stereocenters. The van der Waals surface area contributed by atoms with Crippen LogP contribution >= 0.6 is 11.3 Å². The molecule has 7 nitrogen and oxygen atoms in total. The second kappa shape index (κ2) is 7.86. The molecule has 32 heavy (non-hydrogen) atoms. The Morgan fingerprint density at radius 3 is 2.53 bits per heavy atom. The lowest BCUT2D eigenvalue weighted by Crippen LogP contribution is -2.15. The van der Waals surface area contributed by atoms with Crippen molar-refractivity contribution in [2.45, 2.75) is 0 Å². The predicted molar refractivity (Wildman–Crippen MR) is 118 cm³/mol. The lowest BCUT2D eigenvalue weighted by molar-refractivity contribution is 0.0600. The van der Waals surface area contributed by atoms with Gasteiger partial charge in [0, 0.05) is 18.6 Å². The number of fused-ring (bicyclic) bond motifs is 1. The van der Waals surface area contributed by atoms with Gasteiger partial charge in [-0.1, -0.05) is 41.7 Å². The van der Waals surface area contributed by atoms with Crippen LogP contribution in [0.25, 0.3) is 32.5 Å². The first-order valence-electron chi connectivity index (χ1n) is 9.56. The maximum absolute atomic E-state index is 13.2. The molecule has 0 N–H and O–H groups in total. The lowest BCUT2D eigenvalue weighted by Gasteiger charge is -2.09. The van der Waals surface area contributed by atoms with E-state index in [1.807, 2.05) is 6.07 Å². The number of nitrogens with zero attached hydrogens (tertiary/aromatic N) is 4. The minimum atomic E-state index is -0.614. The van der Waals surface area contributed by atoms with Crippen LogP contribution in [0.3, 0.4) is 0 Å². The molecule has 0 fully saturated rings. The Morgan fingerprint density at radius 1 is 1.06 bits per heavy atom. The molecule has 0 bridgehead atoms. The average Bonchev–Trinajstić information content (AvgIpc) is 3.44. The Balaban J connectivity index is 1.67. The molecule has 9 heteroatoms. The summed E-state index contributed by atoms with van der Waals surface area (Å²) in [5, 5.41) is 4.92. The number of rotatable bonds is 4. The fourth-order valence-electron chi connectivity index (χ4n) is 3.35. The summed E-state index contributed by atoms with van der Waals surface area (Å²) < 4.78 is 21.0. The SMILES string of the molecule is COC(=O)c1cn(-c2ncc(-c3ccc(F)cc3)s2)cc2c(=O)n(-c3ccccc3)nc1-2. The van der Waals surface area contributed by atoms with Crippen LogP contribution in [0.2, 0.25) is 0 Å². The van der Waals surface area contributed by atoms with Crippen molar-refractivity contribution in [3.05, 3.63) is 94.9 Å². The summed E-state index contributed by atoms with van der Waals surface area (Å²) in [6, 6.07) is 15.1. The van der Waals surface area contributed by atoms with Crippen molar-refractivity contribution >= 4 is 17.3 Å². The number of aromatic nitrogens is 4. The van der Waals surface area contributed by atoms with Gasteiger partial charge in [-0.05, 0) is 29.8 Å². The fourth-order valence-corrected chi connectivity index (χ4v) is 4.22. The Labute approximate surface area is 185 Å². The number of halogens is 1. The minimum absolute atomic E-state index is 0.148. The van der Waals surface area contributed by atoms with Gasteiger partial charge in [-0.25, -0.2) is 14.2 Å². The maximum Gasteiger partial charge on any atom is 0.341 e. The Kier molecular flexibility index (Phi) is 4.87. The van der Waals surface area contributed by atoms with E-state index in [2.05, 4.69) is 10.1 Å². The molecule has 0 saturated carbocycles. The topological polar surface area (TPSA) is 79.0 Å². The van der Waals surface area contributed by atoms with E-state index in [9.17, 15) is 14.0 Å². The van der Waals surface area contributed by atoms with E-state index in [0.29, 0.717) is 10.8 Å². The smallest absolute Gasteiger partial charge is 0.341 e. The number of pyridine rings is 1. The monoisotopic (exact) mass is 446 g/mol. The highest BCUT2D eigenvalue weighted by molar-refractivity contribution is 7.17. The van der Waals surface area contributed by atoms with Gasteiger partial charge in [-0.2, -0.15) is 9.78 Å². The molecule has 3 aromatic rings. The molecule has 0 aliphatic carbocycles. The van der Waals surface area contributed by atoms with Crippen LogP contribution in [0, 0.1) is 5.82 Å². The molecule has 2 aromatic carbocycles. The first-order chi connectivity index (χ1) is 15.5. The third-order valence-electron chi connectivity index (χ3n) is 4.92. The van der Waals surface area contributed by atoms with Gasteiger partial charge in [0.25, 0.3) is 5.56 Å². The van der Waals surface area contributed by atoms with Crippen LogP contribution in [0.5, 0.6) is 0 Å². The molecular weight excluding hydrogens is 431 g/mol. The van der Waals surface area contributed by atoms with E-state index in [0.717, 1.165) is 10.4 Å². The summed E-state index contributed by atoms with van der Waals surface area (Å²) in [7, 11) is 1.27. The van der Waals surface area contributed by atoms with E-state index >= 15 is 0 Å². The number of benzene rings is 2. The molecule has 158 valence electrons. The fraction of sp³-hybridized carbons (Fsp3) is 0.0435. The van der Waals surface area contributed by atoms with Crippen LogP contribution in [-0.2, 0) is 4.74 Å². The van der Waals surface area contributed by atoms with Gasteiger partial charge in [0.2, 0.25) is 0 Å². The quantitative estimate of drug-likeness (QED) is 0.387. The number of hydrogen-bond acceptors (Lipinski definition) is 6. The number of thiazole rings is 1. The second-order valence-corrected chi connectivity index (χ2v) is 7.91. The van der Waals surface area contributed by atoms with Crippen molar-refractivity contribution < 1.29 is 13.9 Å². The number of para-hydroxylation sites is 1. The number of carbonyl (C=O) groups excluding carboxylic acids is 1. The number of esters is 1. The average molecular weight is 446 g/mol. The van der Waals surface area contributed by atoms with Crippen LogP contribution < -0.4 is 5.56 Å². The molecule has 0 spiro atoms. The van der Waals surface area contributed by atoms with Gasteiger partial charge in [0.1, 0.15) is 17.1 Å². The highest BCUT2D eigenvalue weighted by Gasteiger charge is 2.25. The number of ether oxygens (including phenoxy) is 1. The zero-order chi connectivity index (χ0) is 22.2. The summed E-state index contributed by atoms with van der Waals surface area (Å²) in [5.74, 6) is -0.934. The molecule has 5 rings (SSSR count). The van der Waals surface area contributed by atoms with Gasteiger partial charge < -0.3 is 4.74 Å². The third kappa shape index (κ3) is 3.38. The van der Waals surface area contributed by atoms with Gasteiger partial charge in [-0.15, -0.1) is 0 Å². The Bertz CT molecular complexity index is 1450. The van der Waals surface area contributed by atoms with Crippen molar-refractivity contribution in [3.63, 3.8) is 0 Å². The van der Waals surface area contributed by atoms with E-state index in [1.54, 1.807) is 59.6 Å². The van der Waals surface area contributed by atoms with Gasteiger partial charge in [0.15, 0.2) is 5.13 Å². The predicted octanol–water partition coefficient (Wildman–Crippen LogP) is 4.18. The summed E-state index contributed by atoms with van der Waals surface area (Å²) in [4.78, 5) is 30.8. The van der Waals surface area contributed by atoms with E-state index in [1.165, 1.54) is 35.3 Å². The van der Waals surface area contributed by atoms with Crippen LogP contribution in [0.1, 0.15) is 10.4 Å². The zero-order valence-corrected chi connectivity index (χ0v) is 17.5. The van der Waals surface area contributed by atoms with E-state index in [-0.39, 0.29) is 28.2 Å². The maximum atomic E-state index is 13.2. The molecular formula is C23H15FN4O3S. The molecule has 2 aliphatic rings. The van der Waals surface area contributed by atoms with Crippen molar-refractivity contribution in [2.24, 2.45) is 0 Å². The molecule has 0 unspecified atom stereocenters. The van der Waals surface area contributed by atoms with Crippen molar-refractivity contribution in [2.75, 3.05) is 7.11 Å². The minimum Gasteiger partial charge on any atom is -0.465 e. The highest BCUT2D eigenvalue weighted by Crippen LogP contribution is 2.30. The van der Waals surface area contributed by atoms with Gasteiger partial charge in [-0.3, -0.25) is 9.36 Å². The molecule has 3 heterocycles. The zero-order valence-electron chi connectivity index (χ0n) is 16.7. The summed E-state index contributed by atoms with van der Waals surface area (Å²) in [6.07, 6.45) is 4.81. The Hall–Kier alpha value is -4.11. The third-order valence-corrected chi connectivity index (χ3v) is 5.98. The largest absolute Gasteiger partial charge is 0.465 e. The summed E-state index contributed by atoms with van der Waals surface area (Å²) in [5.41, 5.74) is 1.69. The van der Waals surface area contributed by atoms with E-state index < -0.39 is 5.97 Å². The van der Waals surface area contributed by atoms with Crippen molar-refractivity contribution in [1.82, 2.24) is 19.3 Å². The summed E-state index contributed by atoms with van der Waals surface area (Å²) in [6.45, 7) is 0. The standard InChI is InChI=1S/C23H15FN4O3S/c1-31-22(30)18-13-27(23-25-11-19(32-23)14-7-9-15(24)10-8-14)12-17-20(18)26-28(21(17)29)16-5-3-2-4-6-16/h2-13H,1H3. The van der Waals surface area contributed by atoms with Crippen LogP contribution in [0.15, 0.2) is 78.0 Å². The van der Waals surface area contributed by atoms with Crippen LogP contribution in [0.4, 0.5) is 4.39 Å². The first-order valence-corrected chi connectivity index (χ1v) is 10.4. The molecule has 0 saturated heterocycles. The Morgan fingerprint density at radius 2 is 1.81 bits per heavy atom. The van der Waals surface area contributed by atoms with Gasteiger partial charge >= 0.3 is 5.97 Å². The molecule has 0 radical (unpaired) electrons.